The molecule has 124 valence electrons. The highest BCUT2D eigenvalue weighted by Gasteiger charge is 2.35. The zero-order valence-electron chi connectivity index (χ0n) is 14.1. The van der Waals surface area contributed by atoms with Gasteiger partial charge in [0.25, 0.3) is 0 Å². The highest BCUT2D eigenvalue weighted by atomic mass is 16.2. The van der Waals surface area contributed by atoms with E-state index >= 15 is 0 Å². The molecule has 0 aromatic heterocycles. The van der Waals surface area contributed by atoms with Crippen LogP contribution in [0.15, 0.2) is 48.5 Å². The second-order valence-corrected chi connectivity index (χ2v) is 6.33. The summed E-state index contributed by atoms with van der Waals surface area (Å²) in [4.78, 5) is 26.5. The normalized spacial score (nSPS) is 17.2. The topological polar surface area (TPSA) is 49.4 Å². The molecule has 0 unspecified atom stereocenters. The molecule has 1 fully saturated rings. The van der Waals surface area contributed by atoms with Crippen molar-refractivity contribution in [2.75, 3.05) is 11.4 Å². The van der Waals surface area contributed by atoms with Gasteiger partial charge >= 0.3 is 0 Å². The van der Waals surface area contributed by atoms with Crippen molar-refractivity contribution in [1.82, 2.24) is 5.32 Å². The van der Waals surface area contributed by atoms with Gasteiger partial charge in [-0.2, -0.15) is 0 Å². The number of hydrogen-bond donors (Lipinski definition) is 1. The first-order valence-electron chi connectivity index (χ1n) is 8.24. The van der Waals surface area contributed by atoms with Gasteiger partial charge in [0.1, 0.15) is 0 Å². The molecule has 4 nitrogen and oxygen atoms in total. The van der Waals surface area contributed by atoms with Gasteiger partial charge in [-0.1, -0.05) is 42.5 Å². The van der Waals surface area contributed by atoms with E-state index in [0.29, 0.717) is 13.1 Å². The molecule has 1 N–H and O–H groups in total. The highest BCUT2D eigenvalue weighted by Crippen LogP contribution is 2.29. The number of hydrogen-bond acceptors (Lipinski definition) is 2. The zero-order valence-corrected chi connectivity index (χ0v) is 14.1. The van der Waals surface area contributed by atoms with E-state index in [1.165, 1.54) is 0 Å². The highest BCUT2D eigenvalue weighted by molar-refractivity contribution is 6.00. The first-order chi connectivity index (χ1) is 11.6. The van der Waals surface area contributed by atoms with E-state index in [1.54, 1.807) is 4.90 Å². The molecule has 2 aromatic carbocycles. The van der Waals surface area contributed by atoms with Gasteiger partial charge in [0.2, 0.25) is 11.8 Å². The molecule has 3 rings (SSSR count). The number of amides is 2. The summed E-state index contributed by atoms with van der Waals surface area (Å²) >= 11 is 0. The van der Waals surface area contributed by atoms with Gasteiger partial charge in [-0.25, -0.2) is 0 Å². The SMILES string of the molecule is Cc1cccc(N2C[C@H](C(=O)NCc3ccccc3)CC2=O)c1C. The number of carbonyl (C=O) groups excluding carboxylic acids is 2. The fourth-order valence-corrected chi connectivity index (χ4v) is 3.07. The van der Waals surface area contributed by atoms with Crippen LogP contribution in [0.25, 0.3) is 0 Å². The third-order valence-corrected chi connectivity index (χ3v) is 4.67. The summed E-state index contributed by atoms with van der Waals surface area (Å²) in [6, 6.07) is 15.7. The van der Waals surface area contributed by atoms with Crippen molar-refractivity contribution in [3.05, 3.63) is 65.2 Å². The maximum atomic E-state index is 12.4. The Balaban J connectivity index is 1.66. The van der Waals surface area contributed by atoms with E-state index in [-0.39, 0.29) is 24.2 Å². The van der Waals surface area contributed by atoms with Crippen LogP contribution in [-0.2, 0) is 16.1 Å². The van der Waals surface area contributed by atoms with Gasteiger partial charge in [0.15, 0.2) is 0 Å². The third kappa shape index (κ3) is 3.32. The molecule has 24 heavy (non-hydrogen) atoms. The Morgan fingerprint density at radius 1 is 1.12 bits per heavy atom. The predicted molar refractivity (Wildman–Crippen MR) is 94.7 cm³/mol. The standard InChI is InChI=1S/C20H22N2O2/c1-14-7-6-10-18(15(14)2)22-13-17(11-19(22)23)20(24)21-12-16-8-4-3-5-9-16/h3-10,17H,11-13H2,1-2H3,(H,21,24)/t17-/m1/s1. The molecule has 0 aliphatic carbocycles. The summed E-state index contributed by atoms with van der Waals surface area (Å²) in [5.41, 5.74) is 4.22. The van der Waals surface area contributed by atoms with Crippen molar-refractivity contribution in [3.8, 4) is 0 Å². The van der Waals surface area contributed by atoms with Crippen molar-refractivity contribution >= 4 is 17.5 Å². The molecule has 0 bridgehead atoms. The fourth-order valence-electron chi connectivity index (χ4n) is 3.07. The lowest BCUT2D eigenvalue weighted by molar-refractivity contribution is -0.126. The monoisotopic (exact) mass is 322 g/mol. The molecule has 0 saturated carbocycles. The Morgan fingerprint density at radius 2 is 1.88 bits per heavy atom. The van der Waals surface area contributed by atoms with Crippen LogP contribution in [-0.4, -0.2) is 18.4 Å². The summed E-state index contributed by atoms with van der Waals surface area (Å²) in [6.07, 6.45) is 0.272. The predicted octanol–water partition coefficient (Wildman–Crippen LogP) is 2.97. The third-order valence-electron chi connectivity index (χ3n) is 4.67. The largest absolute Gasteiger partial charge is 0.352 e. The molecule has 2 aromatic rings. The van der Waals surface area contributed by atoms with Gasteiger partial charge in [0.05, 0.1) is 5.92 Å². The van der Waals surface area contributed by atoms with Crippen molar-refractivity contribution in [1.29, 1.82) is 0 Å². The molecule has 0 spiro atoms. The summed E-state index contributed by atoms with van der Waals surface area (Å²) in [6.45, 7) is 4.99. The van der Waals surface area contributed by atoms with Crippen LogP contribution in [0.3, 0.4) is 0 Å². The second kappa shape index (κ2) is 6.87. The summed E-state index contributed by atoms with van der Waals surface area (Å²) < 4.78 is 0. The van der Waals surface area contributed by atoms with Crippen molar-refractivity contribution in [2.45, 2.75) is 26.8 Å². The number of aryl methyl sites for hydroxylation is 1. The smallest absolute Gasteiger partial charge is 0.227 e. The summed E-state index contributed by atoms with van der Waals surface area (Å²) in [7, 11) is 0. The number of nitrogens with one attached hydrogen (secondary N) is 1. The van der Waals surface area contributed by atoms with Crippen LogP contribution >= 0.6 is 0 Å². The molecule has 1 saturated heterocycles. The second-order valence-electron chi connectivity index (χ2n) is 6.33. The minimum Gasteiger partial charge on any atom is -0.352 e. The van der Waals surface area contributed by atoms with E-state index in [9.17, 15) is 9.59 Å². The minimum atomic E-state index is -0.291. The average molecular weight is 322 g/mol. The van der Waals surface area contributed by atoms with Gasteiger partial charge in [-0.05, 0) is 36.6 Å². The molecule has 1 aliphatic rings. The van der Waals surface area contributed by atoms with Crippen LogP contribution in [0.4, 0.5) is 5.69 Å². The molecule has 1 heterocycles. The number of anilines is 1. The van der Waals surface area contributed by atoms with E-state index in [2.05, 4.69) is 5.32 Å². The Bertz CT molecular complexity index is 755. The van der Waals surface area contributed by atoms with Crippen molar-refractivity contribution < 1.29 is 9.59 Å². The lowest BCUT2D eigenvalue weighted by atomic mass is 10.1. The molecule has 0 radical (unpaired) electrons. The maximum Gasteiger partial charge on any atom is 0.227 e. The van der Waals surface area contributed by atoms with Crippen LogP contribution in [0.5, 0.6) is 0 Å². The van der Waals surface area contributed by atoms with Crippen molar-refractivity contribution in [2.24, 2.45) is 5.92 Å². The molecular weight excluding hydrogens is 300 g/mol. The number of carbonyl (C=O) groups is 2. The Morgan fingerprint density at radius 3 is 2.62 bits per heavy atom. The molecule has 4 heteroatoms. The quantitative estimate of drug-likeness (QED) is 0.941. The number of rotatable bonds is 4. The molecule has 1 atom stereocenters. The maximum absolute atomic E-state index is 12.4. The molecule has 2 amide bonds. The van der Waals surface area contributed by atoms with Crippen LogP contribution in [0.2, 0.25) is 0 Å². The van der Waals surface area contributed by atoms with Crippen LogP contribution in [0, 0.1) is 19.8 Å². The van der Waals surface area contributed by atoms with Crippen LogP contribution in [0.1, 0.15) is 23.1 Å². The van der Waals surface area contributed by atoms with E-state index in [4.69, 9.17) is 0 Å². The number of benzene rings is 2. The van der Waals surface area contributed by atoms with Gasteiger partial charge in [-0.15, -0.1) is 0 Å². The van der Waals surface area contributed by atoms with E-state index < -0.39 is 0 Å². The summed E-state index contributed by atoms with van der Waals surface area (Å²) in [5, 5.41) is 2.94. The van der Waals surface area contributed by atoms with E-state index in [1.807, 2.05) is 62.4 Å². The molecule has 1 aliphatic heterocycles. The zero-order chi connectivity index (χ0) is 17.1. The summed E-state index contributed by atoms with van der Waals surface area (Å²) in [5.74, 6) is -0.329. The van der Waals surface area contributed by atoms with Gasteiger partial charge in [-0.3, -0.25) is 9.59 Å². The van der Waals surface area contributed by atoms with E-state index in [0.717, 1.165) is 22.4 Å². The fraction of sp³-hybridized carbons (Fsp3) is 0.300. The Labute approximate surface area is 142 Å². The van der Waals surface area contributed by atoms with Gasteiger partial charge in [0, 0.05) is 25.2 Å². The lowest BCUT2D eigenvalue weighted by Crippen LogP contribution is -2.32. The average Bonchev–Trinajstić information content (AvgIpc) is 2.98. The first-order valence-corrected chi connectivity index (χ1v) is 8.24. The first kappa shape index (κ1) is 16.2. The Hall–Kier alpha value is -2.62. The lowest BCUT2D eigenvalue weighted by Gasteiger charge is -2.20. The van der Waals surface area contributed by atoms with Gasteiger partial charge < -0.3 is 10.2 Å². The Kier molecular flexibility index (Phi) is 4.65. The van der Waals surface area contributed by atoms with Crippen LogP contribution < -0.4 is 10.2 Å². The van der Waals surface area contributed by atoms with Crippen molar-refractivity contribution in [3.63, 3.8) is 0 Å². The minimum absolute atomic E-state index is 0.0172. The number of nitrogens with zero attached hydrogens (tertiary/aromatic N) is 1. The molecular formula is C20H22N2O2.